The molecule has 0 aliphatic rings. The highest BCUT2D eigenvalue weighted by Crippen LogP contribution is 2.15. The van der Waals surface area contributed by atoms with Gasteiger partial charge in [0.1, 0.15) is 5.54 Å². The Morgan fingerprint density at radius 1 is 1.42 bits per heavy atom. The third-order valence-electron chi connectivity index (χ3n) is 2.70. The minimum Gasteiger partial charge on any atom is -0.480 e. The largest absolute Gasteiger partial charge is 0.480 e. The minimum absolute atomic E-state index is 0.0398. The average Bonchev–Trinajstić information content (AvgIpc) is 2.36. The molecule has 100 valence electrons. The summed E-state index contributed by atoms with van der Waals surface area (Å²) < 4.78 is 0. The summed E-state index contributed by atoms with van der Waals surface area (Å²) in [5, 5.41) is 20.6. The number of hydrogen-bond acceptors (Lipinski definition) is 3. The van der Waals surface area contributed by atoms with Crippen LogP contribution in [-0.4, -0.2) is 22.5 Å². The summed E-state index contributed by atoms with van der Waals surface area (Å²) in [4.78, 5) is 23.1. The van der Waals surface area contributed by atoms with Gasteiger partial charge in [-0.3, -0.25) is 4.79 Å². The van der Waals surface area contributed by atoms with E-state index in [1.165, 1.54) is 19.1 Å². The van der Waals surface area contributed by atoms with Gasteiger partial charge in [-0.15, -0.1) is 0 Å². The molecular weight excluding hydrogens is 268 g/mol. The van der Waals surface area contributed by atoms with E-state index < -0.39 is 17.4 Å². The quantitative estimate of drug-likeness (QED) is 0.865. The van der Waals surface area contributed by atoms with E-state index in [4.69, 9.17) is 22.0 Å². The van der Waals surface area contributed by atoms with Crippen molar-refractivity contribution >= 4 is 23.5 Å². The Morgan fingerprint density at radius 3 is 2.47 bits per heavy atom. The number of amides is 1. The number of carboxylic acids is 1. The van der Waals surface area contributed by atoms with Gasteiger partial charge in [0.15, 0.2) is 0 Å². The van der Waals surface area contributed by atoms with Crippen molar-refractivity contribution in [3.63, 3.8) is 0 Å². The Kier molecular flexibility index (Phi) is 4.90. The number of nitrogens with one attached hydrogen (secondary N) is 1. The van der Waals surface area contributed by atoms with Gasteiger partial charge in [0.25, 0.3) is 5.91 Å². The number of hydrogen-bond donors (Lipinski definition) is 2. The van der Waals surface area contributed by atoms with E-state index in [2.05, 4.69) is 5.32 Å². The number of rotatable bonds is 5. The zero-order valence-electron chi connectivity index (χ0n) is 10.3. The first-order valence-electron chi connectivity index (χ1n) is 5.57. The number of halogens is 1. The van der Waals surface area contributed by atoms with Crippen molar-refractivity contribution in [2.45, 2.75) is 25.3 Å². The Balaban J connectivity index is 2.85. The van der Waals surface area contributed by atoms with Gasteiger partial charge in [0.2, 0.25) is 0 Å². The van der Waals surface area contributed by atoms with Crippen LogP contribution in [0.25, 0.3) is 0 Å². The zero-order valence-corrected chi connectivity index (χ0v) is 11.1. The van der Waals surface area contributed by atoms with Gasteiger partial charge in [0.05, 0.1) is 6.07 Å². The second-order valence-electron chi connectivity index (χ2n) is 4.26. The fourth-order valence-corrected chi connectivity index (χ4v) is 1.58. The van der Waals surface area contributed by atoms with Gasteiger partial charge in [0, 0.05) is 17.0 Å². The van der Waals surface area contributed by atoms with Gasteiger partial charge >= 0.3 is 5.97 Å². The Morgan fingerprint density at radius 2 is 2.00 bits per heavy atom. The highest BCUT2D eigenvalue weighted by molar-refractivity contribution is 6.30. The maximum absolute atomic E-state index is 11.9. The summed E-state index contributed by atoms with van der Waals surface area (Å²) >= 11 is 5.71. The topological polar surface area (TPSA) is 90.2 Å². The molecule has 0 saturated heterocycles. The summed E-state index contributed by atoms with van der Waals surface area (Å²) in [7, 11) is 0. The maximum atomic E-state index is 11.9. The van der Waals surface area contributed by atoms with Crippen molar-refractivity contribution in [2.75, 3.05) is 0 Å². The average molecular weight is 281 g/mol. The summed E-state index contributed by atoms with van der Waals surface area (Å²) in [5.41, 5.74) is -1.15. The number of carbonyl (C=O) groups is 2. The molecule has 0 fully saturated rings. The van der Waals surface area contributed by atoms with E-state index in [0.717, 1.165) is 0 Å². The fraction of sp³-hybridized carbons (Fsp3) is 0.308. The van der Waals surface area contributed by atoms with Crippen LogP contribution < -0.4 is 5.32 Å². The predicted octanol–water partition coefficient (Wildman–Crippen LogP) is 2.22. The molecule has 5 nitrogen and oxygen atoms in total. The van der Waals surface area contributed by atoms with E-state index in [-0.39, 0.29) is 12.8 Å². The first kappa shape index (κ1) is 15.0. The van der Waals surface area contributed by atoms with Crippen molar-refractivity contribution in [3.05, 3.63) is 34.9 Å². The van der Waals surface area contributed by atoms with Crippen LogP contribution in [0.4, 0.5) is 0 Å². The molecule has 0 aliphatic heterocycles. The number of benzene rings is 1. The van der Waals surface area contributed by atoms with Gasteiger partial charge in [-0.05, 0) is 37.6 Å². The van der Waals surface area contributed by atoms with Crippen LogP contribution in [0.3, 0.4) is 0 Å². The fourth-order valence-electron chi connectivity index (χ4n) is 1.45. The van der Waals surface area contributed by atoms with E-state index in [9.17, 15) is 9.59 Å². The molecule has 0 bridgehead atoms. The molecule has 0 radical (unpaired) electrons. The monoisotopic (exact) mass is 280 g/mol. The smallest absolute Gasteiger partial charge is 0.329 e. The summed E-state index contributed by atoms with van der Waals surface area (Å²) in [6.45, 7) is 1.38. The molecule has 1 atom stereocenters. The lowest BCUT2D eigenvalue weighted by Crippen LogP contribution is -2.52. The number of carbonyl (C=O) groups excluding carboxylic acids is 1. The normalized spacial score (nSPS) is 13.1. The van der Waals surface area contributed by atoms with Crippen LogP contribution in [-0.2, 0) is 4.79 Å². The molecular formula is C13H13ClN2O3. The van der Waals surface area contributed by atoms with Crippen molar-refractivity contribution in [1.29, 1.82) is 5.26 Å². The van der Waals surface area contributed by atoms with Crippen LogP contribution in [0.1, 0.15) is 30.1 Å². The number of nitrogens with zero attached hydrogens (tertiary/aromatic N) is 1. The second-order valence-corrected chi connectivity index (χ2v) is 4.69. The molecule has 1 aromatic carbocycles. The molecule has 0 heterocycles. The molecule has 0 saturated carbocycles. The molecule has 0 unspecified atom stereocenters. The third kappa shape index (κ3) is 3.97. The van der Waals surface area contributed by atoms with Crippen LogP contribution in [0.15, 0.2) is 24.3 Å². The molecule has 6 heteroatoms. The first-order valence-corrected chi connectivity index (χ1v) is 5.95. The molecule has 2 N–H and O–H groups in total. The first-order chi connectivity index (χ1) is 8.89. The Bertz CT molecular complexity index is 522. The summed E-state index contributed by atoms with van der Waals surface area (Å²) in [5.74, 6) is -1.69. The van der Waals surface area contributed by atoms with Gasteiger partial charge < -0.3 is 10.4 Å². The van der Waals surface area contributed by atoms with Crippen LogP contribution in [0.2, 0.25) is 5.02 Å². The number of carboxylic acid groups (broad SMARTS) is 1. The lowest BCUT2D eigenvalue weighted by Gasteiger charge is -2.25. The van der Waals surface area contributed by atoms with Crippen molar-refractivity contribution in [2.24, 2.45) is 0 Å². The lowest BCUT2D eigenvalue weighted by atomic mass is 9.95. The van der Waals surface area contributed by atoms with E-state index in [1.807, 2.05) is 6.07 Å². The summed E-state index contributed by atoms with van der Waals surface area (Å²) in [6.07, 6.45) is 0.0852. The Labute approximate surface area is 115 Å². The third-order valence-corrected chi connectivity index (χ3v) is 2.96. The van der Waals surface area contributed by atoms with Gasteiger partial charge in [-0.25, -0.2) is 4.79 Å². The molecule has 1 aromatic rings. The highest BCUT2D eigenvalue weighted by Gasteiger charge is 2.34. The molecule has 1 amide bonds. The summed E-state index contributed by atoms with van der Waals surface area (Å²) in [6, 6.07) is 7.97. The maximum Gasteiger partial charge on any atom is 0.329 e. The molecule has 0 spiro atoms. The molecule has 19 heavy (non-hydrogen) atoms. The van der Waals surface area contributed by atoms with E-state index >= 15 is 0 Å². The van der Waals surface area contributed by atoms with Crippen molar-refractivity contribution < 1.29 is 14.7 Å². The van der Waals surface area contributed by atoms with Crippen LogP contribution in [0.5, 0.6) is 0 Å². The lowest BCUT2D eigenvalue weighted by molar-refractivity contribution is -0.144. The zero-order chi connectivity index (χ0) is 14.5. The SMILES string of the molecule is C[C@](CCC#N)(NC(=O)c1ccc(Cl)cc1)C(=O)O. The molecule has 1 rings (SSSR count). The van der Waals surface area contributed by atoms with E-state index in [0.29, 0.717) is 10.6 Å². The van der Waals surface area contributed by atoms with Gasteiger partial charge in [-0.1, -0.05) is 11.6 Å². The predicted molar refractivity (Wildman–Crippen MR) is 69.8 cm³/mol. The Hall–Kier alpha value is -2.06. The molecule has 0 aromatic heterocycles. The molecule has 0 aliphatic carbocycles. The highest BCUT2D eigenvalue weighted by atomic mass is 35.5. The van der Waals surface area contributed by atoms with Crippen LogP contribution in [0, 0.1) is 11.3 Å². The second kappa shape index (κ2) is 6.21. The van der Waals surface area contributed by atoms with Crippen molar-refractivity contribution in [1.82, 2.24) is 5.32 Å². The van der Waals surface area contributed by atoms with Crippen molar-refractivity contribution in [3.8, 4) is 6.07 Å². The number of nitriles is 1. The van der Waals surface area contributed by atoms with Crippen LogP contribution >= 0.6 is 11.6 Å². The number of aliphatic carboxylic acids is 1. The van der Waals surface area contributed by atoms with Gasteiger partial charge in [-0.2, -0.15) is 5.26 Å². The van der Waals surface area contributed by atoms with E-state index in [1.54, 1.807) is 12.1 Å². The minimum atomic E-state index is -1.47. The standard InChI is InChI=1S/C13H13ClN2O3/c1-13(12(18)19,7-2-8-15)16-11(17)9-3-5-10(14)6-4-9/h3-6H,2,7H2,1H3,(H,16,17)(H,18,19)/t13-/m1/s1.